The summed E-state index contributed by atoms with van der Waals surface area (Å²) in [5.74, 6) is 0. The van der Waals surface area contributed by atoms with Crippen LogP contribution < -0.4 is 0 Å². The van der Waals surface area contributed by atoms with Crippen LogP contribution in [0.25, 0.3) is 0 Å². The Morgan fingerprint density at radius 2 is 1.83 bits per heavy atom. The van der Waals surface area contributed by atoms with Crippen molar-refractivity contribution in [2.75, 3.05) is 0 Å². The second-order valence-electron chi connectivity index (χ2n) is 5.10. The zero-order valence-electron chi connectivity index (χ0n) is 8.20. The molecule has 2 nitrogen and oxygen atoms in total. The monoisotopic (exact) mass is 166 g/mol. The van der Waals surface area contributed by atoms with Gasteiger partial charge in [0.15, 0.2) is 0 Å². The van der Waals surface area contributed by atoms with Crippen molar-refractivity contribution in [3.05, 3.63) is 0 Å². The molecule has 0 heterocycles. The fraction of sp³-hybridized carbons (Fsp3) is 0.800. The van der Waals surface area contributed by atoms with Crippen molar-refractivity contribution in [2.45, 2.75) is 40.0 Å². The summed E-state index contributed by atoms with van der Waals surface area (Å²) in [5, 5.41) is 15.0. The van der Waals surface area contributed by atoms with Gasteiger partial charge in [-0.05, 0) is 24.7 Å². The Balaban J connectivity index is 2.83. The van der Waals surface area contributed by atoms with Gasteiger partial charge in [0.2, 0.25) is 0 Å². The maximum atomic E-state index is 7.70. The molecular formula is C10H18N2. The van der Waals surface area contributed by atoms with E-state index in [1.165, 1.54) is 6.21 Å². The van der Waals surface area contributed by atoms with E-state index in [2.05, 4.69) is 20.8 Å². The summed E-state index contributed by atoms with van der Waals surface area (Å²) in [7, 11) is 0. The van der Waals surface area contributed by atoms with Crippen molar-refractivity contribution in [3.8, 4) is 0 Å². The van der Waals surface area contributed by atoms with Gasteiger partial charge < -0.3 is 10.8 Å². The number of rotatable bonds is 1. The molecule has 0 saturated heterocycles. The normalized spacial score (nSPS) is 34.8. The average molecular weight is 166 g/mol. The number of hydrogen-bond donors (Lipinski definition) is 2. The van der Waals surface area contributed by atoms with Crippen molar-refractivity contribution in [2.24, 2.45) is 10.8 Å². The van der Waals surface area contributed by atoms with Gasteiger partial charge in [-0.1, -0.05) is 20.8 Å². The van der Waals surface area contributed by atoms with Gasteiger partial charge in [-0.15, -0.1) is 0 Å². The first kappa shape index (κ1) is 9.43. The lowest BCUT2D eigenvalue weighted by Gasteiger charge is -2.40. The van der Waals surface area contributed by atoms with Crippen LogP contribution in [0.5, 0.6) is 0 Å². The Hall–Kier alpha value is -0.660. The Morgan fingerprint density at radius 3 is 2.25 bits per heavy atom. The summed E-state index contributed by atoms with van der Waals surface area (Å²) in [6, 6.07) is 0. The number of hydrogen-bond acceptors (Lipinski definition) is 2. The van der Waals surface area contributed by atoms with E-state index in [9.17, 15) is 0 Å². The van der Waals surface area contributed by atoms with Gasteiger partial charge in [0.05, 0.1) is 0 Å². The molecule has 12 heavy (non-hydrogen) atoms. The predicted molar refractivity (Wildman–Crippen MR) is 52.2 cm³/mol. The predicted octanol–water partition coefficient (Wildman–Crippen LogP) is 2.87. The molecule has 1 saturated carbocycles. The Labute approximate surface area is 74.4 Å². The molecule has 1 atom stereocenters. The Morgan fingerprint density at radius 1 is 1.25 bits per heavy atom. The highest BCUT2D eigenvalue weighted by molar-refractivity contribution is 5.87. The van der Waals surface area contributed by atoms with E-state index in [0.29, 0.717) is 0 Å². The second-order valence-corrected chi connectivity index (χ2v) is 5.10. The lowest BCUT2D eigenvalue weighted by atomic mass is 9.64. The molecule has 0 amide bonds. The second kappa shape index (κ2) is 2.68. The van der Waals surface area contributed by atoms with Crippen LogP contribution in [0.15, 0.2) is 0 Å². The third-order valence-electron chi connectivity index (χ3n) is 2.54. The molecular weight excluding hydrogens is 148 g/mol. The van der Waals surface area contributed by atoms with E-state index in [1.54, 1.807) is 0 Å². The van der Waals surface area contributed by atoms with Crippen LogP contribution in [0.3, 0.4) is 0 Å². The summed E-state index contributed by atoms with van der Waals surface area (Å²) in [6.45, 7) is 6.44. The van der Waals surface area contributed by atoms with E-state index >= 15 is 0 Å². The van der Waals surface area contributed by atoms with Gasteiger partial charge in [0.25, 0.3) is 0 Å². The van der Waals surface area contributed by atoms with E-state index in [4.69, 9.17) is 10.8 Å². The summed E-state index contributed by atoms with van der Waals surface area (Å²) in [4.78, 5) is 0. The van der Waals surface area contributed by atoms with Crippen LogP contribution in [0.2, 0.25) is 0 Å². The molecule has 0 aromatic heterocycles. The Kier molecular flexibility index (Phi) is 2.11. The third-order valence-corrected chi connectivity index (χ3v) is 2.54. The van der Waals surface area contributed by atoms with Crippen LogP contribution >= 0.6 is 0 Å². The van der Waals surface area contributed by atoms with Crippen molar-refractivity contribution in [1.29, 1.82) is 10.8 Å². The SMILES string of the molecule is CC1(C)CC(=N)CC(C)(C=N)C1. The highest BCUT2D eigenvalue weighted by Crippen LogP contribution is 2.43. The van der Waals surface area contributed by atoms with Gasteiger partial charge in [-0.2, -0.15) is 0 Å². The molecule has 0 aromatic rings. The zero-order valence-corrected chi connectivity index (χ0v) is 8.20. The molecule has 1 aliphatic carbocycles. The first-order valence-electron chi connectivity index (χ1n) is 4.45. The van der Waals surface area contributed by atoms with E-state index in [1.807, 2.05) is 0 Å². The summed E-state index contributed by atoms with van der Waals surface area (Å²) >= 11 is 0. The van der Waals surface area contributed by atoms with Crippen LogP contribution in [0, 0.1) is 21.6 Å². The molecule has 0 aromatic carbocycles. The van der Waals surface area contributed by atoms with E-state index in [0.717, 1.165) is 25.0 Å². The zero-order chi connectivity index (χ0) is 9.41. The standard InChI is InChI=1S/C10H18N2/c1-9(2)4-8(12)5-10(3,6-9)7-11/h7,11-12H,4-6H2,1-3H3. The minimum Gasteiger partial charge on any atom is -0.313 e. The fourth-order valence-electron chi connectivity index (χ4n) is 2.45. The smallest absolute Gasteiger partial charge is 0.0104 e. The first-order valence-corrected chi connectivity index (χ1v) is 4.45. The van der Waals surface area contributed by atoms with Crippen LogP contribution in [0.1, 0.15) is 40.0 Å². The highest BCUT2D eigenvalue weighted by atomic mass is 14.5. The van der Waals surface area contributed by atoms with Crippen molar-refractivity contribution in [1.82, 2.24) is 0 Å². The molecule has 1 rings (SSSR count). The maximum Gasteiger partial charge on any atom is 0.0104 e. The van der Waals surface area contributed by atoms with Crippen molar-refractivity contribution in [3.63, 3.8) is 0 Å². The van der Waals surface area contributed by atoms with Crippen LogP contribution in [0.4, 0.5) is 0 Å². The topological polar surface area (TPSA) is 47.7 Å². The van der Waals surface area contributed by atoms with E-state index < -0.39 is 0 Å². The fourth-order valence-corrected chi connectivity index (χ4v) is 2.45. The van der Waals surface area contributed by atoms with Gasteiger partial charge in [0, 0.05) is 17.3 Å². The molecule has 2 N–H and O–H groups in total. The summed E-state index contributed by atoms with van der Waals surface area (Å²) < 4.78 is 0. The van der Waals surface area contributed by atoms with Crippen molar-refractivity contribution >= 4 is 11.9 Å². The van der Waals surface area contributed by atoms with Crippen molar-refractivity contribution < 1.29 is 0 Å². The lowest BCUT2D eigenvalue weighted by Crippen LogP contribution is -2.36. The summed E-state index contributed by atoms with van der Waals surface area (Å²) in [5.41, 5.74) is 0.956. The molecule has 0 spiro atoms. The minimum atomic E-state index is -0.0567. The molecule has 68 valence electrons. The Bertz CT molecular complexity index is 218. The molecule has 2 heteroatoms. The molecule has 1 fully saturated rings. The molecule has 0 bridgehead atoms. The third kappa shape index (κ3) is 1.93. The first-order chi connectivity index (χ1) is 5.37. The quantitative estimate of drug-likeness (QED) is 0.563. The average Bonchev–Trinajstić information content (AvgIpc) is 1.82. The lowest BCUT2D eigenvalue weighted by molar-refractivity contribution is 0.227. The number of nitrogens with one attached hydrogen (secondary N) is 2. The van der Waals surface area contributed by atoms with E-state index in [-0.39, 0.29) is 10.8 Å². The molecule has 1 aliphatic rings. The van der Waals surface area contributed by atoms with Gasteiger partial charge in [0.1, 0.15) is 0 Å². The van der Waals surface area contributed by atoms with Gasteiger partial charge in [-0.3, -0.25) is 0 Å². The molecule has 0 radical (unpaired) electrons. The van der Waals surface area contributed by atoms with Crippen LogP contribution in [-0.4, -0.2) is 11.9 Å². The summed E-state index contributed by atoms with van der Waals surface area (Å²) in [6.07, 6.45) is 4.23. The minimum absolute atomic E-state index is 0.0567. The highest BCUT2D eigenvalue weighted by Gasteiger charge is 2.37. The largest absolute Gasteiger partial charge is 0.313 e. The maximum absolute atomic E-state index is 7.70. The van der Waals surface area contributed by atoms with Crippen LogP contribution in [-0.2, 0) is 0 Å². The molecule has 0 aliphatic heterocycles. The van der Waals surface area contributed by atoms with Gasteiger partial charge >= 0.3 is 0 Å². The molecule has 1 unspecified atom stereocenters. The van der Waals surface area contributed by atoms with Gasteiger partial charge in [-0.25, -0.2) is 0 Å².